The fourth-order valence-corrected chi connectivity index (χ4v) is 2.37. The number of nitrogens with one attached hydrogen (secondary N) is 1. The zero-order valence-corrected chi connectivity index (χ0v) is 8.46. The summed E-state index contributed by atoms with van der Waals surface area (Å²) in [6.45, 7) is 0. The monoisotopic (exact) mass is 212 g/mol. The van der Waals surface area contributed by atoms with Gasteiger partial charge in [0.25, 0.3) is 0 Å². The lowest BCUT2D eigenvalue weighted by atomic mass is 9.95. The molecule has 2 rings (SSSR count). The molecule has 0 aromatic carbocycles. The van der Waals surface area contributed by atoms with Crippen LogP contribution in [-0.2, 0) is 4.79 Å². The fourth-order valence-electron chi connectivity index (χ4n) is 1.78. The van der Waals surface area contributed by atoms with E-state index >= 15 is 0 Å². The molecule has 2 unspecified atom stereocenters. The Kier molecular flexibility index (Phi) is 2.79. The van der Waals surface area contributed by atoms with Gasteiger partial charge in [-0.05, 0) is 36.4 Å². The lowest BCUT2D eigenvalue weighted by Crippen LogP contribution is -2.42. The lowest BCUT2D eigenvalue weighted by Gasteiger charge is -2.27. The van der Waals surface area contributed by atoms with Gasteiger partial charge in [-0.1, -0.05) is 0 Å². The largest absolute Gasteiger partial charge is 0.480 e. The minimum Gasteiger partial charge on any atom is -0.480 e. The van der Waals surface area contributed by atoms with Crippen LogP contribution < -0.4 is 5.32 Å². The number of carbonyl (C=O) groups is 1. The second-order valence-electron chi connectivity index (χ2n) is 3.50. The van der Waals surface area contributed by atoms with Gasteiger partial charge in [-0.3, -0.25) is 10.1 Å². The molecule has 0 amide bonds. The Morgan fingerprint density at radius 1 is 1.64 bits per heavy atom. The van der Waals surface area contributed by atoms with Gasteiger partial charge in [-0.25, -0.2) is 4.37 Å². The molecule has 4 nitrogen and oxygen atoms in total. The number of aliphatic carboxylic acids is 1. The molecule has 1 aliphatic heterocycles. The van der Waals surface area contributed by atoms with Crippen LogP contribution in [-0.4, -0.2) is 21.5 Å². The highest BCUT2D eigenvalue weighted by atomic mass is 32.1. The molecule has 14 heavy (non-hydrogen) atoms. The van der Waals surface area contributed by atoms with Crippen LogP contribution in [0.5, 0.6) is 0 Å². The first-order valence-corrected chi connectivity index (χ1v) is 5.49. The Labute approximate surface area is 86.1 Å². The van der Waals surface area contributed by atoms with Crippen molar-refractivity contribution in [1.82, 2.24) is 9.69 Å². The molecule has 0 bridgehead atoms. The van der Waals surface area contributed by atoms with E-state index < -0.39 is 12.0 Å². The van der Waals surface area contributed by atoms with Gasteiger partial charge in [-0.2, -0.15) is 0 Å². The first kappa shape index (κ1) is 9.61. The highest BCUT2D eigenvalue weighted by Crippen LogP contribution is 2.25. The number of carboxylic acid groups (broad SMARTS) is 1. The van der Waals surface area contributed by atoms with Gasteiger partial charge >= 0.3 is 5.97 Å². The molecular formula is C9H12N2O2S. The molecule has 1 aliphatic rings. The normalized spacial score (nSPS) is 27.4. The average molecular weight is 212 g/mol. The highest BCUT2D eigenvalue weighted by molar-refractivity contribution is 7.03. The summed E-state index contributed by atoms with van der Waals surface area (Å²) in [5, 5.41) is 14.0. The molecule has 0 radical (unpaired) electrons. The van der Waals surface area contributed by atoms with Crippen LogP contribution >= 0.6 is 11.5 Å². The van der Waals surface area contributed by atoms with E-state index in [0.717, 1.165) is 24.8 Å². The van der Waals surface area contributed by atoms with Crippen molar-refractivity contribution < 1.29 is 9.90 Å². The molecule has 1 aromatic rings. The third-order valence-electron chi connectivity index (χ3n) is 2.54. The van der Waals surface area contributed by atoms with E-state index in [4.69, 9.17) is 5.11 Å². The van der Waals surface area contributed by atoms with E-state index in [1.165, 1.54) is 11.5 Å². The van der Waals surface area contributed by atoms with Gasteiger partial charge in [0.1, 0.15) is 6.04 Å². The molecular weight excluding hydrogens is 200 g/mol. The van der Waals surface area contributed by atoms with Crippen molar-refractivity contribution in [2.24, 2.45) is 0 Å². The number of nitrogens with zero attached hydrogens (tertiary/aromatic N) is 1. The molecule has 1 aromatic heterocycles. The Morgan fingerprint density at radius 3 is 3.14 bits per heavy atom. The molecule has 0 spiro atoms. The fraction of sp³-hybridized carbons (Fsp3) is 0.556. The maximum atomic E-state index is 10.8. The number of carboxylic acids is 1. The van der Waals surface area contributed by atoms with Crippen molar-refractivity contribution in [3.63, 3.8) is 0 Å². The van der Waals surface area contributed by atoms with Gasteiger partial charge in [0, 0.05) is 17.6 Å². The van der Waals surface area contributed by atoms with Crippen molar-refractivity contribution >= 4 is 17.5 Å². The van der Waals surface area contributed by atoms with E-state index in [1.54, 1.807) is 0 Å². The second kappa shape index (κ2) is 4.06. The molecule has 1 fully saturated rings. The van der Waals surface area contributed by atoms with Gasteiger partial charge in [0.15, 0.2) is 0 Å². The van der Waals surface area contributed by atoms with Crippen LogP contribution in [0.2, 0.25) is 0 Å². The van der Waals surface area contributed by atoms with Crippen molar-refractivity contribution in [2.75, 3.05) is 0 Å². The minimum atomic E-state index is -0.752. The van der Waals surface area contributed by atoms with Crippen LogP contribution in [0, 0.1) is 0 Å². The van der Waals surface area contributed by atoms with E-state index in [9.17, 15) is 4.79 Å². The summed E-state index contributed by atoms with van der Waals surface area (Å²) in [6.07, 6.45) is 4.50. The summed E-state index contributed by atoms with van der Waals surface area (Å²) >= 11 is 1.41. The molecule has 5 heteroatoms. The Bertz CT molecular complexity index is 313. The standard InChI is InChI=1S/C9H12N2O2S/c12-9(13)8-3-1-2-7(11-8)6-4-10-14-5-6/h4-5,7-8,11H,1-3H2,(H,12,13). The quantitative estimate of drug-likeness (QED) is 0.778. The van der Waals surface area contributed by atoms with Gasteiger partial charge in [-0.15, -0.1) is 0 Å². The molecule has 0 saturated carbocycles. The van der Waals surface area contributed by atoms with Crippen LogP contribution in [0.1, 0.15) is 30.9 Å². The predicted molar refractivity (Wildman–Crippen MR) is 53.3 cm³/mol. The van der Waals surface area contributed by atoms with Gasteiger partial charge in [0.05, 0.1) is 0 Å². The van der Waals surface area contributed by atoms with Crippen LogP contribution in [0.15, 0.2) is 11.6 Å². The first-order chi connectivity index (χ1) is 6.77. The number of rotatable bonds is 2. The highest BCUT2D eigenvalue weighted by Gasteiger charge is 2.26. The molecule has 2 heterocycles. The topological polar surface area (TPSA) is 62.2 Å². The molecule has 1 saturated heterocycles. The third kappa shape index (κ3) is 1.93. The van der Waals surface area contributed by atoms with Crippen LogP contribution in [0.4, 0.5) is 0 Å². The smallest absolute Gasteiger partial charge is 0.320 e. The predicted octanol–water partition coefficient (Wildman–Crippen LogP) is 1.41. The number of aromatic nitrogens is 1. The van der Waals surface area contributed by atoms with Crippen molar-refractivity contribution in [3.8, 4) is 0 Å². The average Bonchev–Trinajstić information content (AvgIpc) is 2.71. The summed E-state index contributed by atoms with van der Waals surface area (Å²) in [7, 11) is 0. The van der Waals surface area contributed by atoms with E-state index in [1.807, 2.05) is 11.6 Å². The maximum Gasteiger partial charge on any atom is 0.320 e. The summed E-state index contributed by atoms with van der Waals surface area (Å²) in [5.74, 6) is -0.752. The van der Waals surface area contributed by atoms with Gasteiger partial charge < -0.3 is 5.11 Å². The summed E-state index contributed by atoms with van der Waals surface area (Å²) < 4.78 is 4.02. The van der Waals surface area contributed by atoms with E-state index in [0.29, 0.717) is 0 Å². The SMILES string of the molecule is O=C(O)C1CCCC(c2cnsc2)N1. The third-order valence-corrected chi connectivity index (χ3v) is 3.14. The second-order valence-corrected chi connectivity index (χ2v) is 4.16. The van der Waals surface area contributed by atoms with Crippen molar-refractivity contribution in [2.45, 2.75) is 31.3 Å². The molecule has 76 valence electrons. The Morgan fingerprint density at radius 2 is 2.50 bits per heavy atom. The number of piperidine rings is 1. The van der Waals surface area contributed by atoms with Crippen LogP contribution in [0.25, 0.3) is 0 Å². The van der Waals surface area contributed by atoms with Crippen LogP contribution in [0.3, 0.4) is 0 Å². The molecule has 0 aliphatic carbocycles. The van der Waals surface area contributed by atoms with Crippen molar-refractivity contribution in [3.05, 3.63) is 17.1 Å². The maximum absolute atomic E-state index is 10.8. The molecule has 2 atom stereocenters. The summed E-state index contributed by atoms with van der Waals surface area (Å²) in [5.41, 5.74) is 1.11. The van der Waals surface area contributed by atoms with Gasteiger partial charge in [0.2, 0.25) is 0 Å². The van der Waals surface area contributed by atoms with Crippen molar-refractivity contribution in [1.29, 1.82) is 0 Å². The molecule has 2 N–H and O–H groups in total. The number of hydrogen-bond acceptors (Lipinski definition) is 4. The Balaban J connectivity index is 2.04. The van der Waals surface area contributed by atoms with E-state index in [-0.39, 0.29) is 6.04 Å². The Hall–Kier alpha value is -0.940. The number of hydrogen-bond donors (Lipinski definition) is 2. The summed E-state index contributed by atoms with van der Waals surface area (Å²) in [6, 6.07) is -0.225. The zero-order chi connectivity index (χ0) is 9.97. The zero-order valence-electron chi connectivity index (χ0n) is 7.64. The first-order valence-electron chi connectivity index (χ1n) is 4.65. The summed E-state index contributed by atoms with van der Waals surface area (Å²) in [4.78, 5) is 10.8. The van der Waals surface area contributed by atoms with E-state index in [2.05, 4.69) is 9.69 Å². The lowest BCUT2D eigenvalue weighted by molar-refractivity contribution is -0.140. The minimum absolute atomic E-state index is 0.170.